The highest BCUT2D eigenvalue weighted by Crippen LogP contribution is 2.64. The third-order valence-electron chi connectivity index (χ3n) is 7.73. The Morgan fingerprint density at radius 2 is 1.69 bits per heavy atom. The first-order chi connectivity index (χ1) is 17.2. The van der Waals surface area contributed by atoms with Gasteiger partial charge in [0, 0.05) is 17.0 Å². The molecule has 4 aromatic rings. The van der Waals surface area contributed by atoms with E-state index in [2.05, 4.69) is 5.10 Å². The number of nitrogens with zero attached hydrogens (tertiary/aromatic N) is 3. The molecule has 2 heterocycles. The van der Waals surface area contributed by atoms with Gasteiger partial charge in [-0.15, -0.1) is 0 Å². The molecule has 3 aromatic carbocycles. The number of carbonyl (C=O) groups excluding carboxylic acids is 2. The van der Waals surface area contributed by atoms with Crippen LogP contribution < -0.4 is 10.6 Å². The molecule has 8 heteroatoms. The van der Waals surface area contributed by atoms with E-state index < -0.39 is 34.9 Å². The second-order valence-electron chi connectivity index (χ2n) is 9.88. The molecule has 1 aliphatic heterocycles. The van der Waals surface area contributed by atoms with Gasteiger partial charge in [0.1, 0.15) is 5.82 Å². The van der Waals surface area contributed by atoms with Crippen LogP contribution in [0, 0.1) is 17.2 Å². The lowest BCUT2D eigenvalue weighted by Gasteiger charge is -2.33. The molecule has 6 rings (SSSR count). The molecule has 182 valence electrons. The summed E-state index contributed by atoms with van der Waals surface area (Å²) in [6.45, 7) is 1.27. The minimum Gasteiger partial charge on any atom is -0.369 e. The Morgan fingerprint density at radius 1 is 1.03 bits per heavy atom. The summed E-state index contributed by atoms with van der Waals surface area (Å²) in [5.41, 5.74) is 5.12. The van der Waals surface area contributed by atoms with Crippen molar-refractivity contribution < 1.29 is 18.4 Å². The number of halogens is 2. The van der Waals surface area contributed by atoms with Crippen molar-refractivity contribution >= 4 is 28.4 Å². The third-order valence-corrected chi connectivity index (χ3v) is 7.73. The fraction of sp³-hybridized carbons (Fsp3) is 0.250. The van der Waals surface area contributed by atoms with Crippen molar-refractivity contribution in [1.82, 2.24) is 9.78 Å². The predicted molar refractivity (Wildman–Crippen MR) is 132 cm³/mol. The zero-order valence-corrected chi connectivity index (χ0v) is 19.6. The fourth-order valence-corrected chi connectivity index (χ4v) is 5.83. The van der Waals surface area contributed by atoms with E-state index in [9.17, 15) is 14.0 Å². The maximum atomic E-state index is 16.4. The normalized spacial score (nSPS) is 24.9. The van der Waals surface area contributed by atoms with Gasteiger partial charge in [0.05, 0.1) is 28.9 Å². The molecular formula is C28H24F2N4O2. The summed E-state index contributed by atoms with van der Waals surface area (Å²) in [7, 11) is 0. The van der Waals surface area contributed by atoms with E-state index in [-0.39, 0.29) is 5.82 Å². The quantitative estimate of drug-likeness (QED) is 0.437. The monoisotopic (exact) mass is 486 g/mol. The van der Waals surface area contributed by atoms with Crippen molar-refractivity contribution in [2.45, 2.75) is 31.5 Å². The summed E-state index contributed by atoms with van der Waals surface area (Å²) >= 11 is 0. The number of anilines is 1. The summed E-state index contributed by atoms with van der Waals surface area (Å²) in [4.78, 5) is 27.6. The fourth-order valence-electron chi connectivity index (χ4n) is 5.83. The van der Waals surface area contributed by atoms with Crippen molar-refractivity contribution in [3.05, 3.63) is 90.4 Å². The van der Waals surface area contributed by atoms with Gasteiger partial charge in [-0.25, -0.2) is 13.5 Å². The Kier molecular flexibility index (Phi) is 4.80. The average Bonchev–Trinajstić information content (AvgIpc) is 3.51. The van der Waals surface area contributed by atoms with Crippen LogP contribution in [0.5, 0.6) is 0 Å². The number of aromatic nitrogens is 2. The Balaban J connectivity index is 1.49. The Morgan fingerprint density at radius 3 is 2.33 bits per heavy atom. The van der Waals surface area contributed by atoms with E-state index in [4.69, 9.17) is 5.73 Å². The summed E-state index contributed by atoms with van der Waals surface area (Å²) in [5, 5.41) is 5.16. The molecule has 1 saturated heterocycles. The van der Waals surface area contributed by atoms with Gasteiger partial charge in [-0.05, 0) is 67.8 Å². The molecule has 36 heavy (non-hydrogen) atoms. The molecule has 3 atom stereocenters. The number of alkyl halides is 1. The molecule has 1 aromatic heterocycles. The molecule has 2 aliphatic rings. The molecule has 0 radical (unpaired) electrons. The first-order valence-electron chi connectivity index (χ1n) is 11.9. The number of primary amides is 1. The molecule has 1 saturated carbocycles. The van der Waals surface area contributed by atoms with Crippen molar-refractivity contribution in [2.75, 3.05) is 4.90 Å². The highest BCUT2D eigenvalue weighted by Gasteiger charge is 2.70. The molecule has 0 spiro atoms. The van der Waals surface area contributed by atoms with E-state index in [1.54, 1.807) is 41.2 Å². The third kappa shape index (κ3) is 3.17. The number of carbonyl (C=O) groups is 2. The van der Waals surface area contributed by atoms with Crippen molar-refractivity contribution in [2.24, 2.45) is 17.1 Å². The van der Waals surface area contributed by atoms with Crippen LogP contribution in [0.25, 0.3) is 16.6 Å². The van der Waals surface area contributed by atoms with E-state index in [1.807, 2.05) is 30.3 Å². The number of benzene rings is 3. The first-order valence-corrected chi connectivity index (χ1v) is 11.9. The number of fused-ring (bicyclic) bond motifs is 1. The van der Waals surface area contributed by atoms with Gasteiger partial charge in [-0.2, -0.15) is 5.10 Å². The van der Waals surface area contributed by atoms with Gasteiger partial charge >= 0.3 is 0 Å². The smallest absolute Gasteiger partial charge is 0.265 e. The largest absolute Gasteiger partial charge is 0.369 e. The van der Waals surface area contributed by atoms with Crippen LogP contribution in [0.4, 0.5) is 14.5 Å². The van der Waals surface area contributed by atoms with Crippen LogP contribution in [-0.2, 0) is 9.59 Å². The SMILES string of the molecule is CC1(F)C(=O)N(c2ccc3c(cnn3-c3ccc(F)cc3)c2)C(c2ccccc2)C1C1(C(N)=O)CC1. The van der Waals surface area contributed by atoms with E-state index in [0.717, 1.165) is 16.5 Å². The predicted octanol–water partition coefficient (Wildman–Crippen LogP) is 4.86. The topological polar surface area (TPSA) is 81.2 Å². The van der Waals surface area contributed by atoms with Crippen molar-refractivity contribution in [3.63, 3.8) is 0 Å². The number of amides is 2. The van der Waals surface area contributed by atoms with Crippen LogP contribution in [-0.4, -0.2) is 27.3 Å². The lowest BCUT2D eigenvalue weighted by atomic mass is 9.73. The molecule has 2 amide bonds. The number of hydrogen-bond donors (Lipinski definition) is 1. The molecule has 2 fully saturated rings. The lowest BCUT2D eigenvalue weighted by Crippen LogP contribution is -2.44. The second-order valence-corrected chi connectivity index (χ2v) is 9.88. The van der Waals surface area contributed by atoms with E-state index >= 15 is 4.39 Å². The van der Waals surface area contributed by atoms with Crippen molar-refractivity contribution in [1.29, 1.82) is 0 Å². The molecule has 6 nitrogen and oxygen atoms in total. The minimum absolute atomic E-state index is 0.342. The zero-order valence-electron chi connectivity index (χ0n) is 19.6. The van der Waals surface area contributed by atoms with Crippen LogP contribution in [0.1, 0.15) is 31.4 Å². The number of hydrogen-bond acceptors (Lipinski definition) is 3. The lowest BCUT2D eigenvalue weighted by molar-refractivity contribution is -0.133. The molecular weight excluding hydrogens is 462 g/mol. The van der Waals surface area contributed by atoms with Gasteiger partial charge in [-0.3, -0.25) is 9.59 Å². The summed E-state index contributed by atoms with van der Waals surface area (Å²) in [6.07, 6.45) is 2.57. The average molecular weight is 487 g/mol. The van der Waals surface area contributed by atoms with Crippen LogP contribution in [0.15, 0.2) is 79.0 Å². The number of nitrogens with two attached hydrogens (primary N) is 1. The summed E-state index contributed by atoms with van der Waals surface area (Å²) in [5.74, 6) is -2.53. The van der Waals surface area contributed by atoms with Gasteiger partial charge in [-0.1, -0.05) is 30.3 Å². The maximum absolute atomic E-state index is 16.4. The molecule has 0 bridgehead atoms. The Bertz CT molecular complexity index is 1490. The zero-order chi connectivity index (χ0) is 25.2. The van der Waals surface area contributed by atoms with Crippen LogP contribution >= 0.6 is 0 Å². The number of rotatable bonds is 5. The van der Waals surface area contributed by atoms with Crippen molar-refractivity contribution in [3.8, 4) is 5.69 Å². The van der Waals surface area contributed by atoms with Gasteiger partial charge in [0.2, 0.25) is 5.91 Å². The Labute approximate surface area is 206 Å². The minimum atomic E-state index is -2.28. The second kappa shape index (κ2) is 7.71. The van der Waals surface area contributed by atoms with E-state index in [0.29, 0.717) is 24.2 Å². The maximum Gasteiger partial charge on any atom is 0.265 e. The molecule has 1 aliphatic carbocycles. The van der Waals surface area contributed by atoms with Crippen LogP contribution in [0.2, 0.25) is 0 Å². The first kappa shape index (κ1) is 22.4. The Hall–Kier alpha value is -4.07. The summed E-state index contributed by atoms with van der Waals surface area (Å²) in [6, 6.07) is 19.8. The van der Waals surface area contributed by atoms with Gasteiger partial charge in [0.25, 0.3) is 5.91 Å². The van der Waals surface area contributed by atoms with Gasteiger partial charge < -0.3 is 10.6 Å². The highest BCUT2D eigenvalue weighted by atomic mass is 19.1. The van der Waals surface area contributed by atoms with E-state index in [1.165, 1.54) is 24.0 Å². The molecule has 3 unspecified atom stereocenters. The molecule has 2 N–H and O–H groups in total. The van der Waals surface area contributed by atoms with Crippen LogP contribution in [0.3, 0.4) is 0 Å². The summed E-state index contributed by atoms with van der Waals surface area (Å²) < 4.78 is 31.4. The standard InChI is InChI=1S/C28H24F2N4O2/c1-27(30)24(28(13-14-28)25(31)35)23(17-5-3-2-4-6-17)33(26(27)36)21-11-12-22-18(15-21)16-32-34(22)20-9-7-19(29)8-10-20/h2-12,15-16,23-24H,13-14H2,1H3,(H2,31,35). The van der Waals surface area contributed by atoms with Gasteiger partial charge in [0.15, 0.2) is 5.67 Å². The highest BCUT2D eigenvalue weighted by molar-refractivity contribution is 6.05.